The zero-order chi connectivity index (χ0) is 16.3. The smallest absolute Gasteiger partial charge is 0.263 e. The van der Waals surface area contributed by atoms with Gasteiger partial charge in [0.15, 0.2) is 0 Å². The van der Waals surface area contributed by atoms with Gasteiger partial charge in [0.1, 0.15) is 0 Å². The number of carbonyl (C=O) groups is 2. The maximum Gasteiger partial charge on any atom is 0.263 e. The van der Waals surface area contributed by atoms with E-state index >= 15 is 0 Å². The minimum Gasteiger partial charge on any atom is -0.366 e. The number of thiophene rings is 1. The number of hydrogen-bond acceptors (Lipinski definition) is 3. The first kappa shape index (κ1) is 16.5. The van der Waals surface area contributed by atoms with Gasteiger partial charge < -0.3 is 10.6 Å². The first-order chi connectivity index (χ1) is 10.4. The number of hydrogen-bond donors (Lipinski definition) is 1. The molecule has 1 atom stereocenters. The van der Waals surface area contributed by atoms with E-state index in [1.54, 1.807) is 23.4 Å². The predicted octanol–water partition coefficient (Wildman–Crippen LogP) is 3.20. The van der Waals surface area contributed by atoms with Crippen molar-refractivity contribution in [1.29, 1.82) is 0 Å². The van der Waals surface area contributed by atoms with Gasteiger partial charge in [-0.15, -0.1) is 11.3 Å². The quantitative estimate of drug-likeness (QED) is 0.911. The van der Waals surface area contributed by atoms with Crippen molar-refractivity contribution in [3.8, 4) is 0 Å². The molecule has 0 aliphatic heterocycles. The van der Waals surface area contributed by atoms with Crippen LogP contribution in [-0.2, 0) is 6.42 Å². The average molecular weight is 337 g/mol. The number of nitrogens with two attached hydrogens (primary N) is 1. The summed E-state index contributed by atoms with van der Waals surface area (Å²) in [6.07, 6.45) is 0.730. The summed E-state index contributed by atoms with van der Waals surface area (Å²) in [7, 11) is 1.76. The lowest BCUT2D eigenvalue weighted by molar-refractivity contribution is 0.0748. The number of likely N-dealkylation sites (N-methyl/N-ethyl adjacent to an activating group) is 1. The second kappa shape index (κ2) is 6.94. The highest BCUT2D eigenvalue weighted by Gasteiger charge is 2.20. The highest BCUT2D eigenvalue weighted by Crippen LogP contribution is 2.19. The molecular formula is C16H17ClN2O2S. The van der Waals surface area contributed by atoms with Crippen molar-refractivity contribution in [1.82, 2.24) is 4.90 Å². The van der Waals surface area contributed by atoms with E-state index in [-0.39, 0.29) is 11.9 Å². The Hall–Kier alpha value is -1.85. The van der Waals surface area contributed by atoms with Crippen LogP contribution in [0.15, 0.2) is 35.7 Å². The predicted molar refractivity (Wildman–Crippen MR) is 89.5 cm³/mol. The van der Waals surface area contributed by atoms with E-state index in [0.717, 1.165) is 12.0 Å². The summed E-state index contributed by atoms with van der Waals surface area (Å²) in [6.45, 7) is 1.98. The summed E-state index contributed by atoms with van der Waals surface area (Å²) in [6, 6.07) is 9.14. The Kier molecular flexibility index (Phi) is 5.21. The number of amides is 2. The summed E-state index contributed by atoms with van der Waals surface area (Å²) >= 11 is 7.10. The van der Waals surface area contributed by atoms with Crippen LogP contribution in [0, 0.1) is 0 Å². The van der Waals surface area contributed by atoms with Crippen molar-refractivity contribution < 1.29 is 9.59 Å². The Morgan fingerprint density at radius 2 is 1.95 bits per heavy atom. The largest absolute Gasteiger partial charge is 0.366 e. The third-order valence-corrected chi connectivity index (χ3v) is 4.69. The molecule has 2 rings (SSSR count). The lowest BCUT2D eigenvalue weighted by Gasteiger charge is -2.24. The van der Waals surface area contributed by atoms with E-state index in [1.807, 2.05) is 31.2 Å². The third kappa shape index (κ3) is 3.87. The van der Waals surface area contributed by atoms with Crippen molar-refractivity contribution in [3.63, 3.8) is 0 Å². The van der Waals surface area contributed by atoms with E-state index in [1.165, 1.54) is 11.3 Å². The van der Waals surface area contributed by atoms with E-state index in [2.05, 4.69) is 0 Å². The molecule has 22 heavy (non-hydrogen) atoms. The summed E-state index contributed by atoms with van der Waals surface area (Å²) in [5.41, 5.74) is 6.69. The Bertz CT molecular complexity index is 682. The molecule has 0 aliphatic rings. The molecule has 0 bridgehead atoms. The molecule has 0 spiro atoms. The van der Waals surface area contributed by atoms with Crippen LogP contribution < -0.4 is 5.73 Å². The van der Waals surface area contributed by atoms with Crippen LogP contribution in [0.4, 0.5) is 0 Å². The molecule has 1 aromatic carbocycles. The molecule has 0 saturated heterocycles. The van der Waals surface area contributed by atoms with E-state index in [4.69, 9.17) is 17.3 Å². The Balaban J connectivity index is 2.05. The second-order valence-electron chi connectivity index (χ2n) is 5.16. The van der Waals surface area contributed by atoms with Crippen molar-refractivity contribution in [2.75, 3.05) is 7.05 Å². The first-order valence-corrected chi connectivity index (χ1v) is 8.04. The summed E-state index contributed by atoms with van der Waals surface area (Å²) in [4.78, 5) is 25.7. The van der Waals surface area contributed by atoms with Crippen LogP contribution in [0.1, 0.15) is 32.5 Å². The average Bonchev–Trinajstić information content (AvgIpc) is 2.98. The number of carbonyl (C=O) groups excluding carboxylic acids is 2. The van der Waals surface area contributed by atoms with Crippen LogP contribution in [0.25, 0.3) is 0 Å². The lowest BCUT2D eigenvalue weighted by atomic mass is 10.1. The van der Waals surface area contributed by atoms with Crippen LogP contribution in [0.2, 0.25) is 5.02 Å². The van der Waals surface area contributed by atoms with E-state index < -0.39 is 5.91 Å². The van der Waals surface area contributed by atoms with Crippen LogP contribution >= 0.6 is 22.9 Å². The zero-order valence-electron chi connectivity index (χ0n) is 12.4. The van der Waals surface area contributed by atoms with Gasteiger partial charge in [-0.1, -0.05) is 23.7 Å². The van der Waals surface area contributed by atoms with Gasteiger partial charge in [-0.05, 0) is 37.1 Å². The maximum absolute atomic E-state index is 12.4. The Morgan fingerprint density at radius 3 is 2.50 bits per heavy atom. The lowest BCUT2D eigenvalue weighted by Crippen LogP contribution is -2.36. The van der Waals surface area contributed by atoms with Gasteiger partial charge >= 0.3 is 0 Å². The molecule has 116 valence electrons. The van der Waals surface area contributed by atoms with Gasteiger partial charge in [-0.2, -0.15) is 0 Å². The van der Waals surface area contributed by atoms with Gasteiger partial charge in [-0.3, -0.25) is 9.59 Å². The molecule has 1 aromatic heterocycles. The molecule has 0 saturated carbocycles. The second-order valence-corrected chi connectivity index (χ2v) is 6.51. The molecule has 2 amide bonds. The van der Waals surface area contributed by atoms with Crippen molar-refractivity contribution in [2.24, 2.45) is 5.73 Å². The molecule has 6 heteroatoms. The SMILES string of the molecule is CC(Cc1ccc(Cl)cc1)N(C)C(=O)c1cc(C(N)=O)cs1. The molecule has 0 radical (unpaired) electrons. The Morgan fingerprint density at radius 1 is 1.32 bits per heavy atom. The molecule has 0 aliphatic carbocycles. The van der Waals surface area contributed by atoms with Crippen LogP contribution in [-0.4, -0.2) is 29.8 Å². The van der Waals surface area contributed by atoms with Gasteiger partial charge in [0.2, 0.25) is 5.91 Å². The summed E-state index contributed by atoms with van der Waals surface area (Å²) < 4.78 is 0. The van der Waals surface area contributed by atoms with Crippen LogP contribution in [0.3, 0.4) is 0 Å². The minimum absolute atomic E-state index is 0.0211. The fourth-order valence-electron chi connectivity index (χ4n) is 2.05. The standard InChI is InChI=1S/C16H17ClN2O2S/c1-10(7-11-3-5-13(17)6-4-11)19(2)16(21)14-8-12(9-22-14)15(18)20/h3-6,8-10H,7H2,1-2H3,(H2,18,20). The highest BCUT2D eigenvalue weighted by atomic mass is 35.5. The third-order valence-electron chi connectivity index (χ3n) is 3.52. The maximum atomic E-state index is 12.4. The molecule has 4 nitrogen and oxygen atoms in total. The van der Waals surface area contributed by atoms with E-state index in [0.29, 0.717) is 15.5 Å². The van der Waals surface area contributed by atoms with Crippen molar-refractivity contribution in [2.45, 2.75) is 19.4 Å². The number of benzene rings is 1. The number of rotatable bonds is 5. The molecule has 1 heterocycles. The molecule has 1 unspecified atom stereocenters. The highest BCUT2D eigenvalue weighted by molar-refractivity contribution is 7.12. The summed E-state index contributed by atoms with van der Waals surface area (Å²) in [5, 5.41) is 2.30. The molecule has 2 N–H and O–H groups in total. The van der Waals surface area contributed by atoms with Gasteiger partial charge in [0, 0.05) is 23.5 Å². The van der Waals surface area contributed by atoms with Crippen LogP contribution in [0.5, 0.6) is 0 Å². The van der Waals surface area contributed by atoms with Crippen molar-refractivity contribution >= 4 is 34.8 Å². The van der Waals surface area contributed by atoms with E-state index in [9.17, 15) is 9.59 Å². The number of nitrogens with zero attached hydrogens (tertiary/aromatic N) is 1. The molecular weight excluding hydrogens is 320 g/mol. The normalized spacial score (nSPS) is 12.0. The fourth-order valence-corrected chi connectivity index (χ4v) is 3.05. The minimum atomic E-state index is -0.521. The van der Waals surface area contributed by atoms with Gasteiger partial charge in [0.05, 0.1) is 10.4 Å². The monoisotopic (exact) mass is 336 g/mol. The number of halogens is 1. The topological polar surface area (TPSA) is 63.4 Å². The van der Waals surface area contributed by atoms with Gasteiger partial charge in [-0.25, -0.2) is 0 Å². The number of primary amides is 1. The molecule has 2 aromatic rings. The van der Waals surface area contributed by atoms with Gasteiger partial charge in [0.25, 0.3) is 5.91 Å². The fraction of sp³-hybridized carbons (Fsp3) is 0.250. The first-order valence-electron chi connectivity index (χ1n) is 6.78. The van der Waals surface area contributed by atoms with Crippen molar-refractivity contribution in [3.05, 3.63) is 56.7 Å². The zero-order valence-corrected chi connectivity index (χ0v) is 13.9. The summed E-state index contributed by atoms with van der Waals surface area (Å²) in [5.74, 6) is -0.633. The Labute approximate surface area is 138 Å². The molecule has 0 fully saturated rings.